The van der Waals surface area contributed by atoms with Crippen molar-refractivity contribution < 1.29 is 8.42 Å². The summed E-state index contributed by atoms with van der Waals surface area (Å²) in [6, 6.07) is 9.36. The molecule has 0 radical (unpaired) electrons. The number of nitrogens with zero attached hydrogens (tertiary/aromatic N) is 1. The smallest absolute Gasteiger partial charge is 0.263 e. The van der Waals surface area contributed by atoms with E-state index in [1.165, 1.54) is 18.2 Å². The molecule has 2 aromatic rings. The molecule has 0 spiro atoms. The molecule has 0 aliphatic rings. The third kappa shape index (κ3) is 4.33. The van der Waals surface area contributed by atoms with Gasteiger partial charge in [-0.25, -0.2) is 8.42 Å². The summed E-state index contributed by atoms with van der Waals surface area (Å²) < 4.78 is 27.6. The number of benzene rings is 2. The van der Waals surface area contributed by atoms with Crippen molar-refractivity contribution in [2.24, 2.45) is 0 Å². The standard InChI is InChI=1S/C15H12Cl2N2O2S2/c1-2-10-7-12(22-9-18)4-6-14(10)19-23(20,21)15-8-11(16)3-5-13(15)17/h3-8,19H,2H2,1H3. The number of thioether (sulfide) groups is 1. The zero-order valence-electron chi connectivity index (χ0n) is 12.0. The van der Waals surface area contributed by atoms with Crippen LogP contribution in [-0.2, 0) is 16.4 Å². The zero-order valence-corrected chi connectivity index (χ0v) is 15.2. The highest BCUT2D eigenvalue weighted by Gasteiger charge is 2.20. The van der Waals surface area contributed by atoms with Crippen molar-refractivity contribution in [2.75, 3.05) is 4.72 Å². The molecule has 0 amide bonds. The highest BCUT2D eigenvalue weighted by molar-refractivity contribution is 8.03. The van der Waals surface area contributed by atoms with Crippen molar-refractivity contribution in [3.63, 3.8) is 0 Å². The SMILES string of the molecule is CCc1cc(SC#N)ccc1NS(=O)(=O)c1cc(Cl)ccc1Cl. The summed E-state index contributed by atoms with van der Waals surface area (Å²) in [5.41, 5.74) is 1.23. The van der Waals surface area contributed by atoms with Crippen LogP contribution in [0.3, 0.4) is 0 Å². The lowest BCUT2D eigenvalue weighted by Gasteiger charge is -2.13. The van der Waals surface area contributed by atoms with Crippen molar-refractivity contribution in [1.29, 1.82) is 5.26 Å². The van der Waals surface area contributed by atoms with E-state index in [1.54, 1.807) is 18.2 Å². The van der Waals surface area contributed by atoms with Crippen LogP contribution in [0.5, 0.6) is 0 Å². The number of anilines is 1. The fourth-order valence-corrected chi connectivity index (χ4v) is 4.27. The largest absolute Gasteiger partial charge is 0.279 e. The third-order valence-corrected chi connectivity index (χ3v) is 5.71. The Bertz CT molecular complexity index is 878. The fraction of sp³-hybridized carbons (Fsp3) is 0.133. The molecule has 0 atom stereocenters. The van der Waals surface area contributed by atoms with Gasteiger partial charge in [-0.05, 0) is 60.1 Å². The maximum absolute atomic E-state index is 12.5. The molecular formula is C15H12Cl2N2O2S2. The van der Waals surface area contributed by atoms with Gasteiger partial charge in [-0.15, -0.1) is 0 Å². The summed E-state index contributed by atoms with van der Waals surface area (Å²) >= 11 is 12.8. The maximum atomic E-state index is 12.5. The average molecular weight is 387 g/mol. The Kier molecular flexibility index (Phi) is 5.82. The van der Waals surface area contributed by atoms with Crippen molar-refractivity contribution in [3.8, 4) is 5.40 Å². The molecular weight excluding hydrogens is 375 g/mol. The fourth-order valence-electron chi connectivity index (χ4n) is 1.96. The molecule has 23 heavy (non-hydrogen) atoms. The van der Waals surface area contributed by atoms with Gasteiger partial charge in [-0.3, -0.25) is 4.72 Å². The Hall–Kier alpha value is -1.39. The van der Waals surface area contributed by atoms with Gasteiger partial charge in [0.15, 0.2) is 0 Å². The summed E-state index contributed by atoms with van der Waals surface area (Å²) in [5, 5.41) is 11.1. The molecule has 2 rings (SSSR count). The number of sulfonamides is 1. The van der Waals surface area contributed by atoms with Crippen LogP contribution in [0.1, 0.15) is 12.5 Å². The topological polar surface area (TPSA) is 70.0 Å². The van der Waals surface area contributed by atoms with E-state index >= 15 is 0 Å². The molecule has 4 nitrogen and oxygen atoms in total. The highest BCUT2D eigenvalue weighted by atomic mass is 35.5. The molecule has 0 aliphatic heterocycles. The second-order valence-electron chi connectivity index (χ2n) is 4.55. The monoisotopic (exact) mass is 386 g/mol. The molecule has 1 N–H and O–H groups in total. The van der Waals surface area contributed by atoms with E-state index in [9.17, 15) is 8.42 Å². The molecule has 8 heteroatoms. The van der Waals surface area contributed by atoms with Crippen LogP contribution in [0, 0.1) is 10.7 Å². The Morgan fingerprint density at radius 3 is 2.61 bits per heavy atom. The van der Waals surface area contributed by atoms with Crippen LogP contribution in [-0.4, -0.2) is 8.42 Å². The number of thiocyanates is 1. The van der Waals surface area contributed by atoms with Gasteiger partial charge in [0.25, 0.3) is 10.0 Å². The normalized spacial score (nSPS) is 11.0. The number of aryl methyl sites for hydroxylation is 1. The minimum Gasteiger partial charge on any atom is -0.279 e. The van der Waals surface area contributed by atoms with Crippen molar-refractivity contribution in [1.82, 2.24) is 0 Å². The number of nitriles is 1. The van der Waals surface area contributed by atoms with Crippen molar-refractivity contribution in [3.05, 3.63) is 52.0 Å². The summed E-state index contributed by atoms with van der Waals surface area (Å²) in [4.78, 5) is 0.678. The van der Waals surface area contributed by atoms with Crippen LogP contribution in [0.4, 0.5) is 5.69 Å². The van der Waals surface area contributed by atoms with Crippen molar-refractivity contribution in [2.45, 2.75) is 23.1 Å². The molecule has 0 unspecified atom stereocenters. The maximum Gasteiger partial charge on any atom is 0.263 e. The van der Waals surface area contributed by atoms with Gasteiger partial charge in [0.2, 0.25) is 0 Å². The Balaban J connectivity index is 2.41. The van der Waals surface area contributed by atoms with E-state index in [0.29, 0.717) is 12.1 Å². The number of hydrogen-bond donors (Lipinski definition) is 1. The second kappa shape index (κ2) is 7.45. The van der Waals surface area contributed by atoms with Gasteiger partial charge < -0.3 is 0 Å². The van der Waals surface area contributed by atoms with Gasteiger partial charge >= 0.3 is 0 Å². The molecule has 0 saturated carbocycles. The third-order valence-electron chi connectivity index (χ3n) is 3.05. The van der Waals surface area contributed by atoms with Crippen molar-refractivity contribution >= 4 is 50.7 Å². The van der Waals surface area contributed by atoms with Gasteiger partial charge in [-0.1, -0.05) is 30.1 Å². The number of nitrogens with one attached hydrogen (secondary N) is 1. The quantitative estimate of drug-likeness (QED) is 0.583. The lowest BCUT2D eigenvalue weighted by Crippen LogP contribution is -2.14. The van der Waals surface area contributed by atoms with E-state index in [1.807, 2.05) is 12.3 Å². The Morgan fingerprint density at radius 2 is 1.96 bits per heavy atom. The Labute approximate surface area is 149 Å². The van der Waals surface area contributed by atoms with Crippen LogP contribution >= 0.6 is 35.0 Å². The van der Waals surface area contributed by atoms with Gasteiger partial charge in [0.05, 0.1) is 10.7 Å². The van der Waals surface area contributed by atoms with Crippen LogP contribution in [0.2, 0.25) is 10.0 Å². The molecule has 0 aliphatic carbocycles. The lowest BCUT2D eigenvalue weighted by molar-refractivity contribution is 0.601. The summed E-state index contributed by atoms with van der Waals surface area (Å²) in [5.74, 6) is 0. The molecule has 120 valence electrons. The number of hydrogen-bond acceptors (Lipinski definition) is 4. The van der Waals surface area contributed by atoms with Gasteiger partial charge in [-0.2, -0.15) is 5.26 Å². The van der Waals surface area contributed by atoms with Gasteiger partial charge in [0.1, 0.15) is 10.3 Å². The summed E-state index contributed by atoms with van der Waals surface area (Å²) in [7, 11) is -3.86. The number of halogens is 2. The lowest BCUT2D eigenvalue weighted by atomic mass is 10.1. The highest BCUT2D eigenvalue weighted by Crippen LogP contribution is 2.29. The molecule has 0 aromatic heterocycles. The van der Waals surface area contributed by atoms with Crippen LogP contribution in [0.25, 0.3) is 0 Å². The molecule has 2 aromatic carbocycles. The number of rotatable bonds is 5. The van der Waals surface area contributed by atoms with E-state index in [0.717, 1.165) is 22.2 Å². The first kappa shape index (κ1) is 18.0. The van der Waals surface area contributed by atoms with E-state index in [2.05, 4.69) is 4.72 Å². The second-order valence-corrected chi connectivity index (χ2v) is 7.90. The summed E-state index contributed by atoms with van der Waals surface area (Å²) in [6.45, 7) is 1.90. The average Bonchev–Trinajstić information content (AvgIpc) is 2.51. The van der Waals surface area contributed by atoms with E-state index < -0.39 is 10.0 Å². The first-order chi connectivity index (χ1) is 10.9. The molecule has 0 fully saturated rings. The van der Waals surface area contributed by atoms with E-state index in [4.69, 9.17) is 28.5 Å². The van der Waals surface area contributed by atoms with Crippen LogP contribution in [0.15, 0.2) is 46.2 Å². The van der Waals surface area contributed by atoms with Crippen LogP contribution < -0.4 is 4.72 Å². The molecule has 0 heterocycles. The first-order valence-corrected chi connectivity index (χ1v) is 9.59. The molecule has 0 saturated heterocycles. The zero-order chi connectivity index (χ0) is 17.0. The van der Waals surface area contributed by atoms with E-state index in [-0.39, 0.29) is 14.9 Å². The van der Waals surface area contributed by atoms with Gasteiger partial charge in [0, 0.05) is 9.92 Å². The summed E-state index contributed by atoms with van der Waals surface area (Å²) in [6.07, 6.45) is 0.612. The predicted octanol–water partition coefficient (Wildman–Crippen LogP) is 4.93. The molecule has 0 bridgehead atoms. The predicted molar refractivity (Wildman–Crippen MR) is 94.6 cm³/mol. The minimum atomic E-state index is -3.86. The Morgan fingerprint density at radius 1 is 1.22 bits per heavy atom. The first-order valence-electron chi connectivity index (χ1n) is 6.54. The minimum absolute atomic E-state index is 0.0794.